The van der Waals surface area contributed by atoms with E-state index in [9.17, 15) is 10.5 Å². The average Bonchev–Trinajstić information content (AvgIpc) is 3.61. The number of hydrogen-bond acceptors (Lipinski definition) is 4. The molecule has 4 nitrogen and oxygen atoms in total. The summed E-state index contributed by atoms with van der Waals surface area (Å²) in [6, 6.07) is 55.3. The van der Waals surface area contributed by atoms with Gasteiger partial charge in [-0.15, -0.1) is 0 Å². The minimum absolute atomic E-state index is 0.152. The third kappa shape index (κ3) is 4.97. The number of aromatic nitrogens is 2. The van der Waals surface area contributed by atoms with Crippen molar-refractivity contribution in [1.29, 1.82) is 10.5 Å². The molecule has 0 atom stereocenters. The van der Waals surface area contributed by atoms with Crippen molar-refractivity contribution in [3.63, 3.8) is 0 Å². The van der Waals surface area contributed by atoms with E-state index in [-0.39, 0.29) is 10.8 Å². The number of rotatable bonds is 4. The zero-order valence-electron chi connectivity index (χ0n) is 31.6. The van der Waals surface area contributed by atoms with E-state index in [4.69, 9.17) is 9.97 Å². The van der Waals surface area contributed by atoms with Crippen LogP contribution in [0.4, 0.5) is 0 Å². The van der Waals surface area contributed by atoms with Gasteiger partial charge in [-0.2, -0.15) is 10.5 Å². The highest BCUT2D eigenvalue weighted by molar-refractivity contribution is 6.05. The topological polar surface area (TPSA) is 73.4 Å². The van der Waals surface area contributed by atoms with Crippen LogP contribution < -0.4 is 0 Å². The average molecular weight is 717 g/mol. The lowest BCUT2D eigenvalue weighted by atomic mass is 9.81. The molecule has 0 bridgehead atoms. The highest BCUT2D eigenvalue weighted by atomic mass is 14.9. The van der Waals surface area contributed by atoms with Crippen LogP contribution in [0.25, 0.3) is 78.1 Å². The molecule has 2 aliphatic rings. The molecule has 0 amide bonds. The standard InChI is InChI=1S/C52H36N4/c1-51(2)44-17-7-5-15-38(44)40-21-19-33(27-46(40)51)37-25-42(34-20-22-41-39-16-6-8-18-45(39)52(3,4)47(41)28-34)49-43(26-37)48(35-13-9-11-31(23-35)29-53)55-50(56-49)36-14-10-12-32(24-36)30-54/h5-28H,1-4H3. The molecule has 7 aromatic carbocycles. The summed E-state index contributed by atoms with van der Waals surface area (Å²) >= 11 is 0. The summed E-state index contributed by atoms with van der Waals surface area (Å²) in [7, 11) is 0. The van der Waals surface area contributed by atoms with Gasteiger partial charge in [0.2, 0.25) is 0 Å². The Morgan fingerprint density at radius 2 is 0.946 bits per heavy atom. The van der Waals surface area contributed by atoms with Gasteiger partial charge in [0.1, 0.15) is 0 Å². The molecular formula is C52H36N4. The van der Waals surface area contributed by atoms with E-state index in [0.29, 0.717) is 17.0 Å². The second kappa shape index (κ2) is 12.2. The fraction of sp³-hybridized carbons (Fsp3) is 0.115. The van der Waals surface area contributed by atoms with Gasteiger partial charge in [0.15, 0.2) is 5.82 Å². The molecule has 2 aliphatic carbocycles. The van der Waals surface area contributed by atoms with Crippen molar-refractivity contribution in [2.45, 2.75) is 38.5 Å². The molecule has 0 radical (unpaired) electrons. The van der Waals surface area contributed by atoms with E-state index in [0.717, 1.165) is 50.0 Å². The maximum atomic E-state index is 9.95. The summed E-state index contributed by atoms with van der Waals surface area (Å²) in [6.07, 6.45) is 0. The maximum Gasteiger partial charge on any atom is 0.160 e. The van der Waals surface area contributed by atoms with Crippen LogP contribution in [-0.2, 0) is 10.8 Å². The van der Waals surface area contributed by atoms with Crippen LogP contribution in [0.5, 0.6) is 0 Å². The van der Waals surface area contributed by atoms with Crippen LogP contribution in [0.2, 0.25) is 0 Å². The lowest BCUT2D eigenvalue weighted by Gasteiger charge is -2.23. The zero-order chi connectivity index (χ0) is 38.3. The Labute approximate surface area is 327 Å². The minimum Gasteiger partial charge on any atom is -0.227 e. The first-order valence-electron chi connectivity index (χ1n) is 19.0. The molecule has 0 spiro atoms. The van der Waals surface area contributed by atoms with Crippen molar-refractivity contribution in [3.8, 4) is 79.3 Å². The summed E-state index contributed by atoms with van der Waals surface area (Å²) in [5.74, 6) is 0.520. The van der Waals surface area contributed by atoms with E-state index < -0.39 is 0 Å². The Morgan fingerprint density at radius 1 is 0.411 bits per heavy atom. The van der Waals surface area contributed by atoms with Crippen LogP contribution in [0.1, 0.15) is 61.1 Å². The Bertz CT molecular complexity index is 3060. The molecular weight excluding hydrogens is 681 g/mol. The predicted octanol–water partition coefficient (Wildman–Crippen LogP) is 12.7. The Kier molecular flexibility index (Phi) is 7.28. The van der Waals surface area contributed by atoms with Crippen LogP contribution in [0.3, 0.4) is 0 Å². The van der Waals surface area contributed by atoms with Gasteiger partial charge in [-0.05, 0) is 110 Å². The van der Waals surface area contributed by atoms with E-state index in [1.165, 1.54) is 44.5 Å². The van der Waals surface area contributed by atoms with Crippen LogP contribution >= 0.6 is 0 Å². The van der Waals surface area contributed by atoms with Crippen molar-refractivity contribution >= 4 is 10.9 Å². The van der Waals surface area contributed by atoms with E-state index in [1.807, 2.05) is 42.5 Å². The second-order valence-corrected chi connectivity index (χ2v) is 16.1. The molecule has 8 aromatic rings. The molecule has 10 rings (SSSR count). The number of nitriles is 2. The van der Waals surface area contributed by atoms with Crippen molar-refractivity contribution < 1.29 is 0 Å². The maximum absolute atomic E-state index is 9.95. The Morgan fingerprint density at radius 3 is 1.57 bits per heavy atom. The molecule has 0 aliphatic heterocycles. The SMILES string of the molecule is CC1(C)c2ccccc2-c2ccc(-c3cc(-c4ccc5c(c4)C(C)(C)c4ccccc4-5)c4nc(-c5cccc(C#N)c5)nc(-c5cccc(C#N)c5)c4c3)cc21. The number of benzene rings is 7. The molecule has 0 unspecified atom stereocenters. The summed E-state index contributed by atoms with van der Waals surface area (Å²) in [5.41, 5.74) is 18.5. The molecule has 0 saturated carbocycles. The number of fused-ring (bicyclic) bond motifs is 7. The lowest BCUT2D eigenvalue weighted by molar-refractivity contribution is 0.660. The van der Waals surface area contributed by atoms with Crippen molar-refractivity contribution in [1.82, 2.24) is 9.97 Å². The molecule has 0 saturated heterocycles. The lowest BCUT2D eigenvalue weighted by Crippen LogP contribution is -2.15. The quantitative estimate of drug-likeness (QED) is 0.182. The van der Waals surface area contributed by atoms with Crippen LogP contribution in [-0.4, -0.2) is 9.97 Å². The highest BCUT2D eigenvalue weighted by Crippen LogP contribution is 2.52. The largest absolute Gasteiger partial charge is 0.227 e. The van der Waals surface area contributed by atoms with Crippen LogP contribution in [0.15, 0.2) is 146 Å². The van der Waals surface area contributed by atoms with Gasteiger partial charge in [-0.1, -0.05) is 125 Å². The molecule has 1 aromatic heterocycles. The summed E-state index contributed by atoms with van der Waals surface area (Å²) in [6.45, 7) is 9.25. The molecule has 4 heteroatoms. The van der Waals surface area contributed by atoms with E-state index in [1.54, 1.807) is 6.07 Å². The zero-order valence-corrected chi connectivity index (χ0v) is 31.6. The molecule has 264 valence electrons. The first kappa shape index (κ1) is 33.4. The Balaban J connectivity index is 1.28. The monoisotopic (exact) mass is 716 g/mol. The number of hydrogen-bond donors (Lipinski definition) is 0. The molecule has 56 heavy (non-hydrogen) atoms. The van der Waals surface area contributed by atoms with Gasteiger partial charge in [0, 0.05) is 32.9 Å². The predicted molar refractivity (Wildman–Crippen MR) is 226 cm³/mol. The van der Waals surface area contributed by atoms with Crippen molar-refractivity contribution in [2.75, 3.05) is 0 Å². The summed E-state index contributed by atoms with van der Waals surface area (Å²) in [5, 5.41) is 20.6. The first-order chi connectivity index (χ1) is 27.1. The van der Waals surface area contributed by atoms with Gasteiger partial charge >= 0.3 is 0 Å². The number of nitrogens with zero attached hydrogens (tertiary/aromatic N) is 4. The summed E-state index contributed by atoms with van der Waals surface area (Å²) < 4.78 is 0. The first-order valence-corrected chi connectivity index (χ1v) is 19.0. The van der Waals surface area contributed by atoms with Crippen molar-refractivity contribution in [3.05, 3.63) is 179 Å². The minimum atomic E-state index is -0.184. The Hall–Kier alpha value is -7.14. The van der Waals surface area contributed by atoms with Crippen LogP contribution in [0, 0.1) is 22.7 Å². The van der Waals surface area contributed by atoms with E-state index in [2.05, 4.69) is 137 Å². The van der Waals surface area contributed by atoms with Crippen molar-refractivity contribution in [2.24, 2.45) is 0 Å². The highest BCUT2D eigenvalue weighted by Gasteiger charge is 2.37. The van der Waals surface area contributed by atoms with Gasteiger partial charge in [0.25, 0.3) is 0 Å². The van der Waals surface area contributed by atoms with E-state index >= 15 is 0 Å². The molecule has 0 N–H and O–H groups in total. The fourth-order valence-electron chi connectivity index (χ4n) is 9.19. The molecule has 1 heterocycles. The van der Waals surface area contributed by atoms with Gasteiger partial charge in [-0.3, -0.25) is 0 Å². The normalized spacial score (nSPS) is 14.0. The second-order valence-electron chi connectivity index (χ2n) is 16.1. The third-order valence-corrected chi connectivity index (χ3v) is 12.1. The smallest absolute Gasteiger partial charge is 0.160 e. The summed E-state index contributed by atoms with van der Waals surface area (Å²) in [4.78, 5) is 10.6. The van der Waals surface area contributed by atoms with Gasteiger partial charge < -0.3 is 0 Å². The fourth-order valence-corrected chi connectivity index (χ4v) is 9.19. The molecule has 0 fully saturated rings. The van der Waals surface area contributed by atoms with Gasteiger partial charge in [-0.25, -0.2) is 9.97 Å². The third-order valence-electron chi connectivity index (χ3n) is 12.1. The van der Waals surface area contributed by atoms with Gasteiger partial charge in [0.05, 0.1) is 34.5 Å².